The molecule has 1 fully saturated rings. The first-order valence-electron chi connectivity index (χ1n) is 10.4. The molecule has 0 bridgehead atoms. The van der Waals surface area contributed by atoms with Gasteiger partial charge in [-0.15, -0.1) is 0 Å². The topological polar surface area (TPSA) is 79.8 Å². The highest BCUT2D eigenvalue weighted by atomic mass is 79.9. The Labute approximate surface area is 191 Å². The third-order valence-electron chi connectivity index (χ3n) is 5.75. The van der Waals surface area contributed by atoms with E-state index in [-0.39, 0.29) is 17.8 Å². The summed E-state index contributed by atoms with van der Waals surface area (Å²) in [7, 11) is 0. The Morgan fingerprint density at radius 3 is 2.77 bits per heavy atom. The van der Waals surface area contributed by atoms with Crippen molar-refractivity contribution in [3.05, 3.63) is 66.8 Å². The second kappa shape index (κ2) is 8.16. The molecule has 1 N–H and O–H groups in total. The van der Waals surface area contributed by atoms with Crippen LogP contribution in [-0.2, 0) is 4.79 Å². The smallest absolute Gasteiger partial charge is 0.279 e. The summed E-state index contributed by atoms with van der Waals surface area (Å²) in [5, 5.41) is 12.7. The third kappa shape index (κ3) is 3.78. The lowest BCUT2D eigenvalue weighted by Crippen LogP contribution is -2.23. The summed E-state index contributed by atoms with van der Waals surface area (Å²) in [6, 6.07) is 11.4. The average molecular weight is 497 g/mol. The van der Waals surface area contributed by atoms with Crippen LogP contribution in [-0.4, -0.2) is 20.6 Å². The van der Waals surface area contributed by atoms with Crippen LogP contribution in [0.4, 0.5) is 5.82 Å². The second-order valence-corrected chi connectivity index (χ2v) is 9.79. The van der Waals surface area contributed by atoms with E-state index in [0.717, 1.165) is 41.1 Å². The highest BCUT2D eigenvalue weighted by molar-refractivity contribution is 9.10. The predicted molar refractivity (Wildman–Crippen MR) is 123 cm³/mol. The van der Waals surface area contributed by atoms with Gasteiger partial charge in [-0.05, 0) is 50.1 Å². The van der Waals surface area contributed by atoms with Crippen LogP contribution >= 0.6 is 27.3 Å². The number of amides is 1. The van der Waals surface area contributed by atoms with Gasteiger partial charge < -0.3 is 5.11 Å². The molecular weight excluding hydrogens is 476 g/mol. The molecule has 5 rings (SSSR count). The Hall–Kier alpha value is -2.58. The number of fused-ring (bicyclic) bond motifs is 1. The number of aryl methyl sites for hydroxylation is 1. The molecule has 0 unspecified atom stereocenters. The van der Waals surface area contributed by atoms with Crippen LogP contribution in [0.15, 0.2) is 50.9 Å². The van der Waals surface area contributed by atoms with Crippen LogP contribution in [0, 0.1) is 6.92 Å². The fourth-order valence-electron chi connectivity index (χ4n) is 4.29. The van der Waals surface area contributed by atoms with Crippen LogP contribution in [0.25, 0.3) is 5.57 Å². The first-order chi connectivity index (χ1) is 15.0. The summed E-state index contributed by atoms with van der Waals surface area (Å²) in [4.78, 5) is 27.4. The lowest BCUT2D eigenvalue weighted by atomic mass is 9.95. The molecule has 1 aromatic carbocycles. The molecule has 3 aromatic rings. The molecule has 3 heterocycles. The van der Waals surface area contributed by atoms with E-state index < -0.39 is 0 Å². The Morgan fingerprint density at radius 2 is 2.00 bits per heavy atom. The first kappa shape index (κ1) is 20.3. The maximum absolute atomic E-state index is 12.8. The van der Waals surface area contributed by atoms with Crippen molar-refractivity contribution in [2.45, 2.75) is 45.1 Å². The highest BCUT2D eigenvalue weighted by Crippen LogP contribution is 2.36. The summed E-state index contributed by atoms with van der Waals surface area (Å²) < 4.78 is 2.76. The number of hydrogen-bond acceptors (Lipinski definition) is 5. The quantitative estimate of drug-likeness (QED) is 0.598. The molecule has 0 spiro atoms. The van der Waals surface area contributed by atoms with Gasteiger partial charge in [-0.3, -0.25) is 9.36 Å². The molecule has 6 nitrogen and oxygen atoms in total. The van der Waals surface area contributed by atoms with Gasteiger partial charge in [0, 0.05) is 21.4 Å². The zero-order chi connectivity index (χ0) is 21.5. The summed E-state index contributed by atoms with van der Waals surface area (Å²) in [5.74, 6) is 0.350. The first-order valence-corrected chi connectivity index (χ1v) is 12.0. The van der Waals surface area contributed by atoms with Crippen LogP contribution in [0.5, 0.6) is 5.88 Å². The van der Waals surface area contributed by atoms with Crippen molar-refractivity contribution in [1.82, 2.24) is 9.55 Å². The molecule has 1 aliphatic heterocycles. The minimum atomic E-state index is -0.333. The number of halogens is 1. The minimum absolute atomic E-state index is 0.0923. The van der Waals surface area contributed by atoms with Gasteiger partial charge in [0.15, 0.2) is 10.6 Å². The molecule has 0 saturated heterocycles. The van der Waals surface area contributed by atoms with Gasteiger partial charge in [0.05, 0.1) is 10.9 Å². The van der Waals surface area contributed by atoms with Crippen molar-refractivity contribution >= 4 is 44.6 Å². The van der Waals surface area contributed by atoms with Gasteiger partial charge in [-0.1, -0.05) is 52.6 Å². The summed E-state index contributed by atoms with van der Waals surface area (Å²) >= 11 is 4.80. The summed E-state index contributed by atoms with van der Waals surface area (Å²) in [5.41, 5.74) is 1.31. The minimum Gasteiger partial charge on any atom is -0.493 e. The van der Waals surface area contributed by atoms with E-state index in [4.69, 9.17) is 4.99 Å². The second-order valence-electron chi connectivity index (χ2n) is 7.90. The number of carbonyl (C=O) groups excluding carboxylic acids is 1. The van der Waals surface area contributed by atoms with E-state index >= 15 is 0 Å². The van der Waals surface area contributed by atoms with E-state index in [1.54, 1.807) is 0 Å². The molecule has 0 radical (unpaired) electrons. The Bertz CT molecular complexity index is 1380. The number of aromatic nitrogens is 2. The van der Waals surface area contributed by atoms with Crippen LogP contribution in [0.1, 0.15) is 48.7 Å². The maximum atomic E-state index is 12.8. The van der Waals surface area contributed by atoms with Crippen molar-refractivity contribution in [2.24, 2.45) is 9.98 Å². The largest absolute Gasteiger partial charge is 0.493 e. The maximum Gasteiger partial charge on any atom is 0.279 e. The van der Waals surface area contributed by atoms with Crippen molar-refractivity contribution in [1.29, 1.82) is 0 Å². The highest BCUT2D eigenvalue weighted by Gasteiger charge is 2.28. The monoisotopic (exact) mass is 496 g/mol. The van der Waals surface area contributed by atoms with Gasteiger partial charge in [0.1, 0.15) is 4.88 Å². The molecule has 2 aliphatic rings. The van der Waals surface area contributed by atoms with Crippen molar-refractivity contribution < 1.29 is 9.90 Å². The van der Waals surface area contributed by atoms with Crippen molar-refractivity contribution in [2.75, 3.05) is 0 Å². The number of rotatable bonds is 3. The summed E-state index contributed by atoms with van der Waals surface area (Å²) in [6.07, 6.45) is 5.40. The van der Waals surface area contributed by atoms with E-state index in [1.165, 1.54) is 17.8 Å². The predicted octanol–water partition coefficient (Wildman–Crippen LogP) is 3.82. The van der Waals surface area contributed by atoms with Crippen LogP contribution in [0.3, 0.4) is 0 Å². The van der Waals surface area contributed by atoms with Crippen molar-refractivity contribution in [3.63, 3.8) is 0 Å². The number of aromatic hydroxyl groups is 1. The molecule has 1 amide bonds. The molecule has 1 aliphatic carbocycles. The molecular formula is C23H21BrN4O2S. The van der Waals surface area contributed by atoms with E-state index in [0.29, 0.717) is 26.4 Å². The van der Waals surface area contributed by atoms with Gasteiger partial charge >= 0.3 is 0 Å². The molecule has 1 saturated carbocycles. The number of pyridine rings is 1. The molecule has 8 heteroatoms. The molecule has 2 aromatic heterocycles. The average Bonchev–Trinajstić information content (AvgIpc) is 3.23. The molecule has 158 valence electrons. The Morgan fingerprint density at radius 1 is 1.19 bits per heavy atom. The van der Waals surface area contributed by atoms with Gasteiger partial charge in [-0.25, -0.2) is 15.0 Å². The van der Waals surface area contributed by atoms with Crippen molar-refractivity contribution in [3.8, 4) is 5.88 Å². The van der Waals surface area contributed by atoms with Gasteiger partial charge in [-0.2, -0.15) is 0 Å². The fraction of sp³-hybridized carbons (Fsp3) is 0.304. The zero-order valence-electron chi connectivity index (χ0n) is 17.0. The van der Waals surface area contributed by atoms with Gasteiger partial charge in [0.25, 0.3) is 5.91 Å². The third-order valence-corrected chi connectivity index (χ3v) is 7.30. The lowest BCUT2D eigenvalue weighted by molar-refractivity contribution is -0.112. The Balaban J connectivity index is 1.77. The standard InChI is InChI=1S/C23H21BrN4O2S/c1-13-6-5-9-18(25-13)27-23-28(15-7-3-2-4-8-15)22(30)20(31-23)19-16-12-14(24)10-11-17(16)26-21(19)29/h5-6,9-12,15,30H,2-4,7-8H2,1H3/b27-23+. The van der Waals surface area contributed by atoms with E-state index in [2.05, 4.69) is 25.9 Å². The lowest BCUT2D eigenvalue weighted by Gasteiger charge is -2.23. The number of nitrogens with zero attached hydrogens (tertiary/aromatic N) is 4. The van der Waals surface area contributed by atoms with Crippen LogP contribution < -0.4 is 15.4 Å². The fourth-order valence-corrected chi connectivity index (χ4v) is 5.79. The zero-order valence-corrected chi connectivity index (χ0v) is 19.4. The van der Waals surface area contributed by atoms with E-state index in [1.807, 2.05) is 47.9 Å². The number of benzene rings is 1. The van der Waals surface area contributed by atoms with Crippen LogP contribution in [0.2, 0.25) is 0 Å². The Kier molecular flexibility index (Phi) is 5.35. The molecule has 0 atom stereocenters. The van der Waals surface area contributed by atoms with Gasteiger partial charge in [0.2, 0.25) is 5.88 Å². The molecule has 31 heavy (non-hydrogen) atoms. The van der Waals surface area contributed by atoms with E-state index in [9.17, 15) is 9.90 Å². The number of carbonyl (C=O) groups is 1. The SMILES string of the molecule is Cc1cccc(/N=c2/sc(C3=c4cc(Br)ccc4=NC3=O)c(O)n2C2CCCCC2)n1. The number of hydrogen-bond donors (Lipinski definition) is 1. The summed E-state index contributed by atoms with van der Waals surface area (Å²) in [6.45, 7) is 1.93. The normalized spacial score (nSPS) is 17.2. The number of thiazole rings is 1.